The zero-order chi connectivity index (χ0) is 15.7. The first-order valence-corrected chi connectivity index (χ1v) is 7.64. The predicted octanol–water partition coefficient (Wildman–Crippen LogP) is 1.77. The number of Topliss-reactive ketones (excluding diaryl/α,β-unsaturated/α-hetero) is 1. The summed E-state index contributed by atoms with van der Waals surface area (Å²) in [5.41, 5.74) is 1.27. The Labute approximate surface area is 129 Å². The van der Waals surface area contributed by atoms with Gasteiger partial charge in [0.25, 0.3) is 5.91 Å². The molecule has 5 nitrogen and oxygen atoms in total. The molecule has 22 heavy (non-hydrogen) atoms. The van der Waals surface area contributed by atoms with Gasteiger partial charge in [0.15, 0.2) is 5.78 Å². The summed E-state index contributed by atoms with van der Waals surface area (Å²) < 4.78 is 5.25. The normalized spacial score (nSPS) is 22.6. The molecule has 1 aromatic rings. The summed E-state index contributed by atoms with van der Waals surface area (Å²) in [5.74, 6) is -1.20. The average molecular weight is 301 g/mol. The lowest BCUT2D eigenvalue weighted by atomic mass is 9.88. The molecule has 0 aromatic heterocycles. The SMILES string of the molecule is CC1C(=O)N(CC(=O)C2CCOCC2)C(=O)c2ccccc21. The third-order valence-electron chi connectivity index (χ3n) is 4.53. The van der Waals surface area contributed by atoms with E-state index in [9.17, 15) is 14.4 Å². The van der Waals surface area contributed by atoms with Crippen LogP contribution in [-0.2, 0) is 14.3 Å². The molecule has 5 heteroatoms. The monoisotopic (exact) mass is 301 g/mol. The van der Waals surface area contributed by atoms with Crippen molar-refractivity contribution in [1.29, 1.82) is 0 Å². The number of carbonyl (C=O) groups excluding carboxylic acids is 3. The van der Waals surface area contributed by atoms with Crippen molar-refractivity contribution in [2.24, 2.45) is 5.92 Å². The Morgan fingerprint density at radius 2 is 1.91 bits per heavy atom. The van der Waals surface area contributed by atoms with Crippen molar-refractivity contribution in [3.05, 3.63) is 35.4 Å². The molecule has 116 valence electrons. The van der Waals surface area contributed by atoms with Crippen LogP contribution in [0.15, 0.2) is 24.3 Å². The summed E-state index contributed by atoms with van der Waals surface area (Å²) in [7, 11) is 0. The van der Waals surface area contributed by atoms with E-state index in [1.807, 2.05) is 6.07 Å². The standard InChI is InChI=1S/C17H19NO4/c1-11-13-4-2-3-5-14(13)17(21)18(16(11)20)10-15(19)12-6-8-22-9-7-12/h2-5,11-12H,6-10H2,1H3. The van der Waals surface area contributed by atoms with Gasteiger partial charge in [-0.25, -0.2) is 0 Å². The fraction of sp³-hybridized carbons (Fsp3) is 0.471. The van der Waals surface area contributed by atoms with Gasteiger partial charge in [-0.2, -0.15) is 0 Å². The molecule has 0 saturated carbocycles. The highest BCUT2D eigenvalue weighted by atomic mass is 16.5. The minimum atomic E-state index is -0.392. The zero-order valence-electron chi connectivity index (χ0n) is 12.6. The van der Waals surface area contributed by atoms with E-state index in [0.29, 0.717) is 31.6 Å². The fourth-order valence-corrected chi connectivity index (χ4v) is 3.14. The molecule has 0 spiro atoms. The molecule has 1 unspecified atom stereocenters. The van der Waals surface area contributed by atoms with Crippen molar-refractivity contribution in [3.63, 3.8) is 0 Å². The summed E-state index contributed by atoms with van der Waals surface area (Å²) in [5, 5.41) is 0. The number of fused-ring (bicyclic) bond motifs is 1. The van der Waals surface area contributed by atoms with Crippen molar-refractivity contribution in [2.45, 2.75) is 25.7 Å². The van der Waals surface area contributed by atoms with E-state index in [2.05, 4.69) is 0 Å². The summed E-state index contributed by atoms with van der Waals surface area (Å²) >= 11 is 0. The highest BCUT2D eigenvalue weighted by Crippen LogP contribution is 2.29. The lowest BCUT2D eigenvalue weighted by Crippen LogP contribution is -2.47. The maximum Gasteiger partial charge on any atom is 0.261 e. The summed E-state index contributed by atoms with van der Waals surface area (Å²) in [6.45, 7) is 2.79. The van der Waals surface area contributed by atoms with Crippen LogP contribution >= 0.6 is 0 Å². The smallest absolute Gasteiger partial charge is 0.261 e. The van der Waals surface area contributed by atoms with E-state index in [4.69, 9.17) is 4.74 Å². The predicted molar refractivity (Wildman–Crippen MR) is 79.5 cm³/mol. The second-order valence-corrected chi connectivity index (χ2v) is 5.89. The van der Waals surface area contributed by atoms with Crippen LogP contribution in [0.5, 0.6) is 0 Å². The first kappa shape index (κ1) is 14.9. The first-order valence-electron chi connectivity index (χ1n) is 7.64. The molecule has 2 aliphatic rings. The molecule has 2 amide bonds. The molecular weight excluding hydrogens is 282 g/mol. The fourth-order valence-electron chi connectivity index (χ4n) is 3.14. The zero-order valence-corrected chi connectivity index (χ0v) is 12.6. The lowest BCUT2D eigenvalue weighted by Gasteiger charge is -2.31. The minimum absolute atomic E-state index is 0.0448. The summed E-state index contributed by atoms with van der Waals surface area (Å²) in [4.78, 5) is 38.5. The molecule has 0 radical (unpaired) electrons. The molecule has 1 atom stereocenters. The number of nitrogens with zero attached hydrogens (tertiary/aromatic N) is 1. The van der Waals surface area contributed by atoms with Crippen LogP contribution in [0, 0.1) is 5.92 Å². The van der Waals surface area contributed by atoms with E-state index in [1.165, 1.54) is 0 Å². The number of hydrogen-bond donors (Lipinski definition) is 0. The molecule has 1 fully saturated rings. The Bertz CT molecular complexity index is 619. The maximum atomic E-state index is 12.5. The summed E-state index contributed by atoms with van der Waals surface area (Å²) in [6.07, 6.45) is 1.34. The molecule has 1 saturated heterocycles. The van der Waals surface area contributed by atoms with Gasteiger partial charge in [0.2, 0.25) is 5.91 Å². The minimum Gasteiger partial charge on any atom is -0.381 e. The van der Waals surface area contributed by atoms with Crippen molar-refractivity contribution in [2.75, 3.05) is 19.8 Å². The van der Waals surface area contributed by atoms with E-state index in [1.54, 1.807) is 25.1 Å². The van der Waals surface area contributed by atoms with Crippen molar-refractivity contribution in [1.82, 2.24) is 4.90 Å². The Kier molecular flexibility index (Phi) is 4.07. The van der Waals surface area contributed by atoms with E-state index in [0.717, 1.165) is 10.5 Å². The van der Waals surface area contributed by atoms with Gasteiger partial charge in [0.1, 0.15) is 0 Å². The number of carbonyl (C=O) groups is 3. The quantitative estimate of drug-likeness (QED) is 0.798. The molecule has 1 aromatic carbocycles. The average Bonchev–Trinajstić information content (AvgIpc) is 2.57. The van der Waals surface area contributed by atoms with Crippen molar-refractivity contribution >= 4 is 17.6 Å². The van der Waals surface area contributed by atoms with E-state index < -0.39 is 5.92 Å². The number of benzene rings is 1. The van der Waals surface area contributed by atoms with Crippen LogP contribution in [0.4, 0.5) is 0 Å². The third-order valence-corrected chi connectivity index (χ3v) is 4.53. The number of hydrogen-bond acceptors (Lipinski definition) is 4. The molecule has 3 rings (SSSR count). The molecule has 0 bridgehead atoms. The summed E-state index contributed by atoms with van der Waals surface area (Å²) in [6, 6.07) is 7.11. The van der Waals surface area contributed by atoms with Crippen LogP contribution in [0.2, 0.25) is 0 Å². The largest absolute Gasteiger partial charge is 0.381 e. The van der Waals surface area contributed by atoms with E-state index >= 15 is 0 Å². The first-order chi connectivity index (χ1) is 10.6. The van der Waals surface area contributed by atoms with E-state index in [-0.39, 0.29) is 30.1 Å². The van der Waals surface area contributed by atoms with Gasteiger partial charge in [-0.05, 0) is 31.4 Å². The van der Waals surface area contributed by atoms with Crippen LogP contribution < -0.4 is 0 Å². The molecule has 0 N–H and O–H groups in total. The Balaban J connectivity index is 1.80. The van der Waals surface area contributed by atoms with Crippen LogP contribution in [-0.4, -0.2) is 42.3 Å². The highest BCUT2D eigenvalue weighted by molar-refractivity contribution is 6.13. The number of ether oxygens (including phenoxy) is 1. The van der Waals surface area contributed by atoms with Gasteiger partial charge in [-0.1, -0.05) is 18.2 Å². The van der Waals surface area contributed by atoms with Gasteiger partial charge in [0.05, 0.1) is 12.5 Å². The number of rotatable bonds is 3. The Hall–Kier alpha value is -2.01. The molecule has 2 heterocycles. The van der Waals surface area contributed by atoms with Gasteiger partial charge < -0.3 is 4.74 Å². The molecule has 0 aliphatic carbocycles. The Morgan fingerprint density at radius 1 is 1.23 bits per heavy atom. The van der Waals surface area contributed by atoms with Crippen LogP contribution in [0.3, 0.4) is 0 Å². The second kappa shape index (κ2) is 6.01. The van der Waals surface area contributed by atoms with Gasteiger partial charge in [-0.15, -0.1) is 0 Å². The van der Waals surface area contributed by atoms with Crippen LogP contribution in [0.25, 0.3) is 0 Å². The second-order valence-electron chi connectivity index (χ2n) is 5.89. The van der Waals surface area contributed by atoms with Crippen LogP contribution in [0.1, 0.15) is 41.6 Å². The highest BCUT2D eigenvalue weighted by Gasteiger charge is 2.38. The maximum absolute atomic E-state index is 12.5. The van der Waals surface area contributed by atoms with Gasteiger partial charge in [-0.3, -0.25) is 19.3 Å². The number of imide groups is 1. The Morgan fingerprint density at radius 3 is 2.64 bits per heavy atom. The van der Waals surface area contributed by atoms with Crippen molar-refractivity contribution < 1.29 is 19.1 Å². The van der Waals surface area contributed by atoms with Gasteiger partial charge in [0, 0.05) is 24.7 Å². The lowest BCUT2D eigenvalue weighted by molar-refractivity contribution is -0.136. The van der Waals surface area contributed by atoms with Crippen molar-refractivity contribution in [3.8, 4) is 0 Å². The number of ketones is 1. The third kappa shape index (κ3) is 2.57. The topological polar surface area (TPSA) is 63.7 Å². The van der Waals surface area contributed by atoms with Gasteiger partial charge >= 0.3 is 0 Å². The number of amides is 2. The molecule has 2 aliphatic heterocycles. The molecular formula is C17H19NO4.